The van der Waals surface area contributed by atoms with Crippen LogP contribution in [0.1, 0.15) is 49.9 Å². The molecule has 1 N–H and O–H groups in total. The lowest BCUT2D eigenvalue weighted by Gasteiger charge is -2.24. The van der Waals surface area contributed by atoms with Gasteiger partial charge in [-0.1, -0.05) is 45.2 Å². The number of nitrogens with one attached hydrogen (secondary N) is 1. The highest BCUT2D eigenvalue weighted by Gasteiger charge is 2.17. The molecule has 1 amide bonds. The van der Waals surface area contributed by atoms with E-state index in [-0.39, 0.29) is 5.91 Å². The molecule has 4 nitrogen and oxygen atoms in total. The summed E-state index contributed by atoms with van der Waals surface area (Å²) >= 11 is 1.88. The minimum absolute atomic E-state index is 0.201. The molecule has 1 unspecified atom stereocenters. The lowest BCUT2D eigenvalue weighted by molar-refractivity contribution is 0.102. The third kappa shape index (κ3) is 6.89. The van der Waals surface area contributed by atoms with Crippen molar-refractivity contribution in [3.05, 3.63) is 54.1 Å². The number of rotatable bonds is 8. The van der Waals surface area contributed by atoms with E-state index in [0.29, 0.717) is 11.3 Å². The zero-order valence-electron chi connectivity index (χ0n) is 17.8. The van der Waals surface area contributed by atoms with Gasteiger partial charge in [0.15, 0.2) is 0 Å². The first-order valence-electron chi connectivity index (χ1n) is 10.2. The van der Waals surface area contributed by atoms with Crippen molar-refractivity contribution in [1.82, 2.24) is 0 Å². The van der Waals surface area contributed by atoms with Gasteiger partial charge in [-0.3, -0.25) is 9.10 Å². The second kappa shape index (κ2) is 12.0. The number of para-hydroxylation sites is 1. The van der Waals surface area contributed by atoms with Gasteiger partial charge in [0.2, 0.25) is 0 Å². The maximum Gasteiger partial charge on any atom is 0.257 e. The van der Waals surface area contributed by atoms with Crippen LogP contribution in [0.3, 0.4) is 0 Å². The van der Waals surface area contributed by atoms with E-state index >= 15 is 0 Å². The molecular weight excluding hydrogens is 400 g/mol. The van der Waals surface area contributed by atoms with E-state index in [1.54, 1.807) is 29.7 Å². The van der Waals surface area contributed by atoms with Crippen LogP contribution in [0, 0.1) is 5.92 Å². The van der Waals surface area contributed by atoms with E-state index in [4.69, 9.17) is 0 Å². The molecule has 2 aromatic carbocycles. The molecule has 1 aliphatic rings. The van der Waals surface area contributed by atoms with E-state index in [0.717, 1.165) is 17.4 Å². The Kier molecular flexibility index (Phi) is 9.74. The van der Waals surface area contributed by atoms with Gasteiger partial charge in [-0.15, -0.1) is 11.8 Å². The number of amides is 1. The third-order valence-corrected chi connectivity index (χ3v) is 7.02. The first-order chi connectivity index (χ1) is 14.0. The minimum Gasteiger partial charge on any atom is -0.322 e. The molecule has 1 atom stereocenters. The number of hydrogen-bond acceptors (Lipinski definition) is 3. The van der Waals surface area contributed by atoms with Crippen LogP contribution in [0.5, 0.6) is 0 Å². The summed E-state index contributed by atoms with van der Waals surface area (Å²) in [4.78, 5) is 13.9. The van der Waals surface area contributed by atoms with E-state index in [2.05, 4.69) is 17.4 Å². The number of nitrogens with zero attached hydrogens (tertiary/aromatic N) is 1. The van der Waals surface area contributed by atoms with Crippen LogP contribution in [0.2, 0.25) is 0 Å². The molecule has 0 saturated heterocycles. The van der Waals surface area contributed by atoms with Crippen LogP contribution < -0.4 is 9.62 Å². The van der Waals surface area contributed by atoms with Crippen LogP contribution in [0.15, 0.2) is 53.4 Å². The van der Waals surface area contributed by atoms with Crippen molar-refractivity contribution >= 4 is 40.0 Å². The van der Waals surface area contributed by atoms with Gasteiger partial charge >= 0.3 is 0 Å². The second-order valence-corrected chi connectivity index (χ2v) is 9.41. The molecular formula is C23H32N2O2S2. The fourth-order valence-electron chi connectivity index (χ4n) is 3.04. The number of thioether (sulfide) groups is 1. The summed E-state index contributed by atoms with van der Waals surface area (Å²) in [6.07, 6.45) is 7.08. The molecule has 0 heterocycles. The van der Waals surface area contributed by atoms with Crippen LogP contribution in [0.4, 0.5) is 11.4 Å². The predicted molar refractivity (Wildman–Crippen MR) is 127 cm³/mol. The van der Waals surface area contributed by atoms with Crippen LogP contribution in [0.25, 0.3) is 0 Å². The van der Waals surface area contributed by atoms with Crippen LogP contribution in [-0.2, 0) is 11.0 Å². The molecule has 3 rings (SSSR count). The van der Waals surface area contributed by atoms with Crippen molar-refractivity contribution in [2.75, 3.05) is 28.7 Å². The molecule has 29 heavy (non-hydrogen) atoms. The van der Waals surface area contributed by atoms with Crippen molar-refractivity contribution in [1.29, 1.82) is 0 Å². The summed E-state index contributed by atoms with van der Waals surface area (Å²) in [6, 6.07) is 15.2. The fraction of sp³-hybridized carbons (Fsp3) is 0.435. The molecule has 0 radical (unpaired) electrons. The Bertz CT molecular complexity index is 805. The van der Waals surface area contributed by atoms with Gasteiger partial charge in [0.25, 0.3) is 5.91 Å². The highest BCUT2D eigenvalue weighted by molar-refractivity contribution is 7.99. The highest BCUT2D eigenvalue weighted by Crippen LogP contribution is 2.32. The van der Waals surface area contributed by atoms with Gasteiger partial charge in [0.1, 0.15) is 11.0 Å². The molecule has 2 aromatic rings. The number of carbonyl (C=O) groups is 1. The summed E-state index contributed by atoms with van der Waals surface area (Å²) in [7, 11) is 0.529. The van der Waals surface area contributed by atoms with Gasteiger partial charge in [-0.2, -0.15) is 0 Å². The number of benzene rings is 2. The average Bonchev–Trinajstić information content (AvgIpc) is 2.72. The van der Waals surface area contributed by atoms with Crippen molar-refractivity contribution in [3.8, 4) is 0 Å². The van der Waals surface area contributed by atoms with Crippen LogP contribution in [-0.4, -0.2) is 29.2 Å². The summed E-state index contributed by atoms with van der Waals surface area (Å²) < 4.78 is 13.4. The predicted octanol–water partition coefficient (Wildman–Crippen LogP) is 5.98. The Labute approximate surface area is 182 Å². The van der Waals surface area contributed by atoms with Gasteiger partial charge < -0.3 is 5.32 Å². The number of anilines is 2. The maximum atomic E-state index is 12.7. The van der Waals surface area contributed by atoms with E-state index < -0.39 is 11.0 Å². The summed E-state index contributed by atoms with van der Waals surface area (Å²) in [5.41, 5.74) is 1.92. The number of carbonyl (C=O) groups excluding carboxylic acids is 1. The van der Waals surface area contributed by atoms with Crippen molar-refractivity contribution < 1.29 is 9.00 Å². The lowest BCUT2D eigenvalue weighted by Crippen LogP contribution is -2.23. The molecule has 1 fully saturated rings. The Balaban J connectivity index is 0.00000145. The van der Waals surface area contributed by atoms with Gasteiger partial charge in [0.05, 0.1) is 11.3 Å². The molecule has 0 aliphatic heterocycles. The molecule has 0 aromatic heterocycles. The Morgan fingerprint density at radius 2 is 1.79 bits per heavy atom. The summed E-state index contributed by atoms with van der Waals surface area (Å²) in [5, 5.41) is 2.94. The van der Waals surface area contributed by atoms with Crippen molar-refractivity contribution in [2.24, 2.45) is 5.92 Å². The number of hydrogen-bond donors (Lipinski definition) is 1. The second-order valence-electron chi connectivity index (χ2n) is 6.85. The molecule has 158 valence electrons. The zero-order valence-corrected chi connectivity index (χ0v) is 19.4. The van der Waals surface area contributed by atoms with E-state index in [9.17, 15) is 9.00 Å². The zero-order chi connectivity index (χ0) is 21.2. The normalized spacial score (nSPS) is 14.2. The fourth-order valence-corrected chi connectivity index (χ4v) is 4.49. The van der Waals surface area contributed by atoms with Gasteiger partial charge in [-0.25, -0.2) is 4.21 Å². The molecule has 1 aliphatic carbocycles. The van der Waals surface area contributed by atoms with Crippen molar-refractivity contribution in [2.45, 2.75) is 44.4 Å². The Hall–Kier alpha value is -1.79. The molecule has 6 heteroatoms. The smallest absolute Gasteiger partial charge is 0.257 e. The Morgan fingerprint density at radius 3 is 2.38 bits per heavy atom. The summed E-state index contributed by atoms with van der Waals surface area (Å²) in [5.74, 6) is 1.89. The monoisotopic (exact) mass is 432 g/mol. The van der Waals surface area contributed by atoms with Gasteiger partial charge in [0, 0.05) is 23.9 Å². The first-order valence-corrected chi connectivity index (χ1v) is 12.7. The van der Waals surface area contributed by atoms with E-state index in [1.807, 2.05) is 49.9 Å². The third-order valence-electron chi connectivity index (χ3n) is 5.01. The highest BCUT2D eigenvalue weighted by atomic mass is 32.2. The molecule has 0 bridgehead atoms. The molecule has 1 saturated carbocycles. The largest absolute Gasteiger partial charge is 0.322 e. The maximum absolute atomic E-state index is 12.7. The van der Waals surface area contributed by atoms with Crippen LogP contribution >= 0.6 is 11.8 Å². The standard InChI is InChI=1S/C21H26N2O2S2.C2H6/c1-23(27(2)25)20-9-4-3-8-19(20)21(24)22-17-10-12-18(13-11-17)26-15-14-16-6-5-7-16;1-2/h3-4,8-13,16H,5-7,14-15H2,1-2H3,(H,22,24);1-2H3. The quantitative estimate of drug-likeness (QED) is 0.522. The van der Waals surface area contributed by atoms with Gasteiger partial charge in [-0.05, 0) is 54.5 Å². The topological polar surface area (TPSA) is 49.4 Å². The first kappa shape index (κ1) is 23.5. The lowest BCUT2D eigenvalue weighted by atomic mass is 9.84. The molecule has 0 spiro atoms. The van der Waals surface area contributed by atoms with E-state index in [1.165, 1.54) is 30.6 Å². The SMILES string of the molecule is CC.CN(c1ccccc1C(=O)Nc1ccc(SCCC2CCC2)cc1)S(C)=O. The minimum atomic E-state index is -1.19. The summed E-state index contributed by atoms with van der Waals surface area (Å²) in [6.45, 7) is 4.00. The van der Waals surface area contributed by atoms with Crippen molar-refractivity contribution in [3.63, 3.8) is 0 Å². The Morgan fingerprint density at radius 1 is 1.14 bits per heavy atom. The average molecular weight is 433 g/mol.